The smallest absolute Gasteiger partial charge is 0.330 e. The summed E-state index contributed by atoms with van der Waals surface area (Å²) in [7, 11) is 0.920. The van der Waals surface area contributed by atoms with Crippen molar-refractivity contribution >= 4 is 84.9 Å². The molecule has 4 aromatic heterocycles. The molecule has 0 unspecified atom stereocenters. The maximum atomic E-state index is 13.8. The molecule has 3 aliphatic heterocycles. The number of H-pyrrole nitrogens is 3. The number of fused-ring (bicyclic) bond motifs is 8. The van der Waals surface area contributed by atoms with E-state index >= 15 is 0 Å². The summed E-state index contributed by atoms with van der Waals surface area (Å²) in [5.41, 5.74) is 14.2. The van der Waals surface area contributed by atoms with Gasteiger partial charge in [-0.2, -0.15) is 0 Å². The number of aryl methyl sites for hydroxylation is 4. The van der Waals surface area contributed by atoms with Gasteiger partial charge in [0.15, 0.2) is 16.6 Å². The number of rotatable bonds is 20. The SMILES string of the molecule is COC(=O)CCC1=C(C)c2nc1cc1[nH]c(c(C)c1CCC(=O)OC)c(-c1ccccc1)c1[nH]c(cc3nc(c2-c2ccc(C#Cc4cn([C@H]5C[C@H](O[Si](C)(C)C(C)(C)C)[C@@H](CO[Si](C)(C)C(C)(C)C)O5)c(=O)[nH]c4=O)cc2)C(C)=C3CCC(=O)OC)c(CCC(=O)OC)c1C. The molecule has 2 aromatic carbocycles. The van der Waals surface area contributed by atoms with E-state index in [1.165, 1.54) is 39.2 Å². The van der Waals surface area contributed by atoms with Crippen molar-refractivity contribution in [1.29, 1.82) is 0 Å². The highest BCUT2D eigenvalue weighted by Crippen LogP contribution is 2.47. The van der Waals surface area contributed by atoms with Crippen molar-refractivity contribution in [2.24, 2.45) is 0 Å². The molecular formula is C75H92N6O13Si2. The zero-order chi connectivity index (χ0) is 69.9. The van der Waals surface area contributed by atoms with Gasteiger partial charge in [-0.1, -0.05) is 95.8 Å². The van der Waals surface area contributed by atoms with E-state index in [4.69, 9.17) is 42.5 Å². The Kier molecular flexibility index (Phi) is 21.7. The van der Waals surface area contributed by atoms with Gasteiger partial charge in [-0.3, -0.25) is 33.5 Å². The molecule has 96 heavy (non-hydrogen) atoms. The van der Waals surface area contributed by atoms with Gasteiger partial charge in [-0.05, 0) is 170 Å². The first kappa shape index (κ1) is 71.8. The van der Waals surface area contributed by atoms with Gasteiger partial charge in [0, 0.05) is 66.0 Å². The van der Waals surface area contributed by atoms with Crippen molar-refractivity contribution in [3.05, 3.63) is 150 Å². The summed E-state index contributed by atoms with van der Waals surface area (Å²) < 4.78 is 42.6. The number of allylic oxidation sites excluding steroid dienone is 4. The summed E-state index contributed by atoms with van der Waals surface area (Å²) in [6.07, 6.45) is 1.62. The molecule has 0 spiro atoms. The lowest BCUT2D eigenvalue weighted by Gasteiger charge is -2.40. The molecule has 7 heterocycles. The van der Waals surface area contributed by atoms with Crippen LogP contribution in [0.25, 0.3) is 66.6 Å². The second-order valence-corrected chi connectivity index (χ2v) is 37.6. The Morgan fingerprint density at radius 3 is 1.52 bits per heavy atom. The van der Waals surface area contributed by atoms with Crippen molar-refractivity contribution in [3.63, 3.8) is 0 Å². The van der Waals surface area contributed by atoms with Gasteiger partial charge < -0.3 is 42.5 Å². The van der Waals surface area contributed by atoms with Crippen LogP contribution in [-0.4, -0.2) is 117 Å². The average molecular weight is 1340 g/mol. The highest BCUT2D eigenvalue weighted by atomic mass is 28.4. The van der Waals surface area contributed by atoms with Gasteiger partial charge >= 0.3 is 29.6 Å². The Labute approximate surface area is 564 Å². The van der Waals surface area contributed by atoms with Gasteiger partial charge in [0.05, 0.1) is 75.0 Å². The first-order chi connectivity index (χ1) is 45.3. The minimum Gasteiger partial charge on any atom is -0.469 e. The van der Waals surface area contributed by atoms with Crippen LogP contribution in [0.2, 0.25) is 36.3 Å². The minimum absolute atomic E-state index is 0.0477. The molecule has 1 saturated heterocycles. The van der Waals surface area contributed by atoms with Crippen LogP contribution in [0.5, 0.6) is 0 Å². The predicted octanol–water partition coefficient (Wildman–Crippen LogP) is 14.2. The first-order valence-corrected chi connectivity index (χ1v) is 38.6. The standard InChI is InChI=1S/C75H92N6O13Si2/c1-43-51(30-34-62(82)88-11)55-38-57-53(32-36-64(84)90-13)45(3)70(78-57)67(71-46(4)54(33-37-65(85)91-14)58(79-71)39-56-52(31-35-63(83)89-12)44(2)69(77-56)66(68(43)76-55)48-22-20-19-21-23-48)49-27-24-47(25-28-49)26-29-50-41-81(73(87)80-72(50)86)61-40-59(94-96(17,18)75(8,9)10)60(93-61)42-92-95(15,16)74(5,6)7/h19-25,27-28,38-39,41,59-61,76-77H,30-37,40,42H2,1-18H3,(H,80,86,87)/t59-,60+,61+/m0/s1. The Bertz CT molecular complexity index is 4290. The third-order valence-corrected chi connectivity index (χ3v) is 29.0. The number of hydrogen-bond acceptors (Lipinski definition) is 15. The fourth-order valence-electron chi connectivity index (χ4n) is 12.1. The lowest BCUT2D eigenvalue weighted by atomic mass is 9.92. The van der Waals surface area contributed by atoms with E-state index < -0.39 is 52.2 Å². The van der Waals surface area contributed by atoms with Crippen LogP contribution >= 0.6 is 0 Å². The summed E-state index contributed by atoms with van der Waals surface area (Å²) in [6, 6.07) is 21.5. The van der Waals surface area contributed by atoms with Crippen LogP contribution in [0.3, 0.4) is 0 Å². The zero-order valence-electron chi connectivity index (χ0n) is 58.9. The minimum atomic E-state index is -2.33. The topological polar surface area (TPSA) is 245 Å². The first-order valence-electron chi connectivity index (χ1n) is 32.8. The number of carbonyl (C=O) groups excluding carboxylic acids is 4. The Morgan fingerprint density at radius 2 is 1.06 bits per heavy atom. The van der Waals surface area contributed by atoms with Crippen LogP contribution in [0, 0.1) is 25.7 Å². The number of aromatic amines is 3. The van der Waals surface area contributed by atoms with Crippen molar-refractivity contribution < 1.29 is 51.7 Å². The molecule has 0 saturated carbocycles. The second kappa shape index (κ2) is 29.0. The number of aromatic nitrogens is 6. The van der Waals surface area contributed by atoms with E-state index in [9.17, 15) is 28.8 Å². The maximum Gasteiger partial charge on any atom is 0.330 e. The molecule has 3 atom stereocenters. The fraction of sp³-hybridized carbons (Fsp3) is 0.440. The lowest BCUT2D eigenvalue weighted by molar-refractivity contribution is -0.141. The van der Waals surface area contributed by atoms with Gasteiger partial charge in [0.2, 0.25) is 0 Å². The molecular weight excluding hydrogens is 1250 g/mol. The van der Waals surface area contributed by atoms with Gasteiger partial charge in [-0.15, -0.1) is 0 Å². The summed E-state index contributed by atoms with van der Waals surface area (Å²) in [5.74, 6) is 4.69. The van der Waals surface area contributed by atoms with Gasteiger partial charge in [-0.25, -0.2) is 14.8 Å². The Balaban J connectivity index is 1.27. The molecule has 8 bridgehead atoms. The molecule has 19 nitrogen and oxygen atoms in total. The van der Waals surface area contributed by atoms with Gasteiger partial charge in [0.25, 0.3) is 5.56 Å². The highest BCUT2D eigenvalue weighted by Gasteiger charge is 2.47. The molecule has 0 radical (unpaired) electrons. The van der Waals surface area contributed by atoms with E-state index in [2.05, 4.69) is 94.5 Å². The third kappa shape index (κ3) is 15.3. The molecule has 3 N–H and O–H groups in total. The number of carbonyl (C=O) groups is 4. The number of ether oxygens (including phenoxy) is 5. The Hall–Kier alpha value is -8.53. The normalized spacial score (nSPS) is 16.0. The fourth-order valence-corrected chi connectivity index (χ4v) is 14.5. The molecule has 1 fully saturated rings. The van der Waals surface area contributed by atoms with Gasteiger partial charge in [0.1, 0.15) is 17.9 Å². The average Bonchev–Trinajstić information content (AvgIpc) is 1.59. The Morgan fingerprint density at radius 1 is 0.604 bits per heavy atom. The largest absolute Gasteiger partial charge is 0.469 e. The van der Waals surface area contributed by atoms with Crippen LogP contribution < -0.4 is 11.2 Å². The number of hydrogen-bond donors (Lipinski definition) is 3. The number of benzene rings is 2. The van der Waals surface area contributed by atoms with E-state index in [1.54, 1.807) is 0 Å². The third-order valence-electron chi connectivity index (χ3n) is 20.0. The zero-order valence-corrected chi connectivity index (χ0v) is 60.9. The number of nitrogens with zero attached hydrogens (tertiary/aromatic N) is 3. The van der Waals surface area contributed by atoms with Crippen molar-refractivity contribution in [1.82, 2.24) is 29.5 Å². The van der Waals surface area contributed by atoms with Crippen LogP contribution in [0.1, 0.15) is 163 Å². The molecule has 21 heteroatoms. The van der Waals surface area contributed by atoms with Crippen molar-refractivity contribution in [2.75, 3.05) is 35.0 Å². The molecule has 0 amide bonds. The molecule has 6 aromatic rings. The summed E-state index contributed by atoms with van der Waals surface area (Å²) in [5, 5.41) is -0.145. The summed E-state index contributed by atoms with van der Waals surface area (Å²) in [6.45, 7) is 30.2. The number of methoxy groups -OCH3 is 4. The molecule has 508 valence electrons. The predicted molar refractivity (Wildman–Crippen MR) is 381 cm³/mol. The quantitative estimate of drug-likeness (QED) is 0.0278. The van der Waals surface area contributed by atoms with E-state index in [-0.39, 0.29) is 72.2 Å². The van der Waals surface area contributed by atoms with E-state index in [1.807, 2.05) is 94.4 Å². The van der Waals surface area contributed by atoms with E-state index in [0.29, 0.717) is 76.4 Å². The van der Waals surface area contributed by atoms with Crippen molar-refractivity contribution in [2.45, 2.75) is 182 Å². The molecule has 0 aliphatic carbocycles. The number of nitrogens with one attached hydrogen (secondary N) is 3. The highest BCUT2D eigenvalue weighted by molar-refractivity contribution is 6.74. The summed E-state index contributed by atoms with van der Waals surface area (Å²) in [4.78, 5) is 101. The molecule has 9 rings (SSSR count). The second-order valence-electron chi connectivity index (χ2n) is 28.0. The van der Waals surface area contributed by atoms with Crippen LogP contribution in [0.4, 0.5) is 0 Å². The summed E-state index contributed by atoms with van der Waals surface area (Å²) >= 11 is 0. The maximum absolute atomic E-state index is 13.8. The van der Waals surface area contributed by atoms with Crippen LogP contribution in [-0.2, 0) is 64.6 Å². The lowest BCUT2D eigenvalue weighted by Crippen LogP contribution is -2.48. The van der Waals surface area contributed by atoms with Crippen molar-refractivity contribution in [3.8, 4) is 34.1 Å². The number of esters is 4. The van der Waals surface area contributed by atoms with Crippen LogP contribution in [0.15, 0.2) is 82.5 Å². The molecule has 3 aliphatic rings. The van der Waals surface area contributed by atoms with E-state index in [0.717, 1.165) is 66.7 Å². The monoisotopic (exact) mass is 1340 g/mol.